The SMILES string of the molecule is O=C1C=CC2(C=C1)CC[C@]1(CC[C@@H](CC(=O)c3ccc(Br)cc3)O1)O2. The van der Waals surface area contributed by atoms with Crippen molar-refractivity contribution >= 4 is 27.5 Å². The van der Waals surface area contributed by atoms with Crippen LogP contribution >= 0.6 is 15.9 Å². The summed E-state index contributed by atoms with van der Waals surface area (Å²) >= 11 is 3.38. The van der Waals surface area contributed by atoms with Crippen molar-refractivity contribution in [3.05, 3.63) is 58.6 Å². The third kappa shape index (κ3) is 3.41. The first-order valence-corrected chi connectivity index (χ1v) is 9.36. The van der Waals surface area contributed by atoms with E-state index in [1.54, 1.807) is 12.2 Å². The molecule has 0 unspecified atom stereocenters. The molecule has 4 nitrogen and oxygen atoms in total. The van der Waals surface area contributed by atoms with Crippen LogP contribution < -0.4 is 0 Å². The van der Waals surface area contributed by atoms with Gasteiger partial charge in [-0.25, -0.2) is 0 Å². The van der Waals surface area contributed by atoms with Crippen LogP contribution in [0.5, 0.6) is 0 Å². The van der Waals surface area contributed by atoms with E-state index in [0.29, 0.717) is 12.0 Å². The highest BCUT2D eigenvalue weighted by atomic mass is 79.9. The Labute approximate surface area is 155 Å². The average molecular weight is 403 g/mol. The molecule has 2 saturated heterocycles. The largest absolute Gasteiger partial charge is 0.346 e. The minimum absolute atomic E-state index is 0.0134. The number of hydrogen-bond acceptors (Lipinski definition) is 4. The summed E-state index contributed by atoms with van der Waals surface area (Å²) in [5, 5.41) is 0. The van der Waals surface area contributed by atoms with Crippen LogP contribution in [0.15, 0.2) is 53.0 Å². The second-order valence-corrected chi connectivity index (χ2v) is 7.87. The van der Waals surface area contributed by atoms with Gasteiger partial charge in [-0.1, -0.05) is 28.1 Å². The molecule has 2 aliphatic heterocycles. The third-order valence-electron chi connectivity index (χ3n) is 5.14. The fourth-order valence-electron chi connectivity index (χ4n) is 3.79. The predicted octanol–water partition coefficient (Wildman–Crippen LogP) is 4.14. The number of allylic oxidation sites excluding steroid dienone is 2. The molecule has 5 heteroatoms. The van der Waals surface area contributed by atoms with Crippen molar-refractivity contribution in [2.24, 2.45) is 0 Å². The molecular weight excluding hydrogens is 384 g/mol. The fourth-order valence-corrected chi connectivity index (χ4v) is 4.06. The molecule has 3 aliphatic rings. The Bertz CT molecular complexity index is 748. The molecule has 25 heavy (non-hydrogen) atoms. The van der Waals surface area contributed by atoms with Gasteiger partial charge >= 0.3 is 0 Å². The van der Waals surface area contributed by atoms with E-state index in [2.05, 4.69) is 15.9 Å². The number of Topliss-reactive ketones (excluding diaryl/α,β-unsaturated/α-hetero) is 1. The Morgan fingerprint density at radius 3 is 2.56 bits per heavy atom. The van der Waals surface area contributed by atoms with Crippen LogP contribution in [0.4, 0.5) is 0 Å². The van der Waals surface area contributed by atoms with Gasteiger partial charge in [-0.05, 0) is 49.3 Å². The molecule has 1 aromatic rings. The van der Waals surface area contributed by atoms with Gasteiger partial charge in [0.15, 0.2) is 17.4 Å². The number of halogens is 1. The molecule has 0 saturated carbocycles. The van der Waals surface area contributed by atoms with Gasteiger partial charge in [-0.2, -0.15) is 0 Å². The van der Waals surface area contributed by atoms with Gasteiger partial charge in [-0.15, -0.1) is 0 Å². The van der Waals surface area contributed by atoms with Gasteiger partial charge in [0, 0.05) is 29.3 Å². The molecule has 0 bridgehead atoms. The number of carbonyl (C=O) groups excluding carboxylic acids is 2. The lowest BCUT2D eigenvalue weighted by Crippen LogP contribution is -2.34. The van der Waals surface area contributed by atoms with Crippen LogP contribution in [-0.2, 0) is 14.3 Å². The highest BCUT2D eigenvalue weighted by Crippen LogP contribution is 2.48. The summed E-state index contributed by atoms with van der Waals surface area (Å²) in [6.45, 7) is 0. The third-order valence-corrected chi connectivity index (χ3v) is 5.67. The van der Waals surface area contributed by atoms with Crippen molar-refractivity contribution in [2.45, 2.75) is 49.6 Å². The van der Waals surface area contributed by atoms with E-state index in [1.807, 2.05) is 36.4 Å². The summed E-state index contributed by atoms with van der Waals surface area (Å²) in [7, 11) is 0. The molecule has 1 aromatic carbocycles. The van der Waals surface area contributed by atoms with E-state index in [9.17, 15) is 9.59 Å². The lowest BCUT2D eigenvalue weighted by molar-refractivity contribution is -0.222. The van der Waals surface area contributed by atoms with Crippen molar-refractivity contribution in [1.29, 1.82) is 0 Å². The quantitative estimate of drug-likeness (QED) is 0.712. The number of ketones is 2. The Hall–Kier alpha value is -1.56. The molecule has 130 valence electrons. The predicted molar refractivity (Wildman–Crippen MR) is 96.3 cm³/mol. The minimum atomic E-state index is -0.625. The topological polar surface area (TPSA) is 52.6 Å². The van der Waals surface area contributed by atoms with Crippen molar-refractivity contribution in [2.75, 3.05) is 0 Å². The summed E-state index contributed by atoms with van der Waals surface area (Å²) in [6, 6.07) is 7.40. The molecule has 4 rings (SSSR count). The van der Waals surface area contributed by atoms with Crippen LogP contribution in [0.25, 0.3) is 0 Å². The number of rotatable bonds is 3. The summed E-state index contributed by atoms with van der Waals surface area (Å²) in [6.07, 6.45) is 10.2. The van der Waals surface area contributed by atoms with Crippen molar-refractivity contribution in [3.8, 4) is 0 Å². The smallest absolute Gasteiger partial charge is 0.178 e. The summed E-state index contributed by atoms with van der Waals surface area (Å²) in [4.78, 5) is 23.8. The lowest BCUT2D eigenvalue weighted by Gasteiger charge is -2.29. The van der Waals surface area contributed by atoms with Crippen molar-refractivity contribution < 1.29 is 19.1 Å². The summed E-state index contributed by atoms with van der Waals surface area (Å²) < 4.78 is 13.4. The van der Waals surface area contributed by atoms with Crippen LogP contribution in [0.2, 0.25) is 0 Å². The first-order chi connectivity index (χ1) is 12.0. The molecule has 2 atom stereocenters. The zero-order valence-electron chi connectivity index (χ0n) is 13.7. The summed E-state index contributed by atoms with van der Waals surface area (Å²) in [5.41, 5.74) is 0.173. The van der Waals surface area contributed by atoms with Gasteiger partial charge in [0.1, 0.15) is 5.60 Å². The van der Waals surface area contributed by atoms with Crippen LogP contribution in [0.3, 0.4) is 0 Å². The first-order valence-electron chi connectivity index (χ1n) is 8.57. The minimum Gasteiger partial charge on any atom is -0.346 e. The van der Waals surface area contributed by atoms with E-state index >= 15 is 0 Å². The van der Waals surface area contributed by atoms with Crippen LogP contribution in [0.1, 0.15) is 42.5 Å². The van der Waals surface area contributed by atoms with E-state index in [0.717, 1.165) is 30.2 Å². The molecule has 0 amide bonds. The number of carbonyl (C=O) groups is 2. The summed E-state index contributed by atoms with van der Waals surface area (Å²) in [5.74, 6) is -0.550. The molecule has 2 heterocycles. The van der Waals surface area contributed by atoms with Crippen molar-refractivity contribution in [1.82, 2.24) is 0 Å². The second kappa shape index (κ2) is 6.31. The Balaban J connectivity index is 1.39. The van der Waals surface area contributed by atoms with Gasteiger partial charge in [-0.3, -0.25) is 9.59 Å². The number of ether oxygens (including phenoxy) is 2. The van der Waals surface area contributed by atoms with Gasteiger partial charge < -0.3 is 9.47 Å². The van der Waals surface area contributed by atoms with E-state index in [-0.39, 0.29) is 17.7 Å². The second-order valence-electron chi connectivity index (χ2n) is 6.95. The first kappa shape index (κ1) is 16.9. The van der Waals surface area contributed by atoms with Crippen LogP contribution in [-0.4, -0.2) is 29.1 Å². The molecule has 2 spiro atoms. The maximum absolute atomic E-state index is 12.5. The van der Waals surface area contributed by atoms with Crippen LogP contribution in [0, 0.1) is 0 Å². The Kier molecular flexibility index (Phi) is 4.26. The zero-order chi connectivity index (χ0) is 17.5. The number of hydrogen-bond donors (Lipinski definition) is 0. The Morgan fingerprint density at radius 1 is 1.12 bits per heavy atom. The van der Waals surface area contributed by atoms with E-state index in [1.165, 1.54) is 0 Å². The molecule has 0 N–H and O–H groups in total. The standard InChI is InChI=1S/C20H19BrO4/c21-15-3-1-14(2-4-15)18(23)13-17-7-10-20(24-17)12-11-19(25-20)8-5-16(22)6-9-19/h1-6,8-9,17H,7,10-13H2/t17-,20-/m0/s1. The van der Waals surface area contributed by atoms with Gasteiger partial charge in [0.05, 0.1) is 6.10 Å². The molecular formula is C20H19BrO4. The maximum atomic E-state index is 12.5. The molecule has 2 fully saturated rings. The van der Waals surface area contributed by atoms with E-state index in [4.69, 9.17) is 9.47 Å². The van der Waals surface area contributed by atoms with Gasteiger partial charge in [0.25, 0.3) is 0 Å². The average Bonchev–Trinajstić information content (AvgIpc) is 3.15. The zero-order valence-corrected chi connectivity index (χ0v) is 15.3. The number of benzene rings is 1. The fraction of sp³-hybridized carbons (Fsp3) is 0.400. The molecule has 0 aromatic heterocycles. The monoisotopic (exact) mass is 402 g/mol. The normalized spacial score (nSPS) is 29.8. The van der Waals surface area contributed by atoms with Crippen molar-refractivity contribution in [3.63, 3.8) is 0 Å². The highest BCUT2D eigenvalue weighted by molar-refractivity contribution is 9.10. The molecule has 1 aliphatic carbocycles. The Morgan fingerprint density at radius 2 is 1.84 bits per heavy atom. The lowest BCUT2D eigenvalue weighted by atomic mass is 9.94. The van der Waals surface area contributed by atoms with Gasteiger partial charge in [0.2, 0.25) is 0 Å². The maximum Gasteiger partial charge on any atom is 0.178 e. The van der Waals surface area contributed by atoms with E-state index < -0.39 is 11.4 Å². The highest BCUT2D eigenvalue weighted by Gasteiger charge is 2.52. The molecule has 0 radical (unpaired) electrons.